The van der Waals surface area contributed by atoms with Gasteiger partial charge in [-0.1, -0.05) is 23.2 Å². The second-order valence-corrected chi connectivity index (χ2v) is 11.3. The Balaban J connectivity index is 1.48. The number of amides is 3. The number of rotatable bonds is 6. The number of nitrogens with zero attached hydrogens (tertiary/aromatic N) is 3. The third-order valence-corrected chi connectivity index (χ3v) is 7.88. The van der Waals surface area contributed by atoms with Crippen LogP contribution in [-0.4, -0.2) is 64.7 Å². The number of imide groups is 1. The van der Waals surface area contributed by atoms with Gasteiger partial charge < -0.3 is 15.4 Å². The molecule has 5 rings (SSSR count). The van der Waals surface area contributed by atoms with Crippen LogP contribution in [-0.2, 0) is 22.4 Å². The van der Waals surface area contributed by atoms with E-state index < -0.39 is 0 Å². The van der Waals surface area contributed by atoms with Crippen LogP contribution >= 0.6 is 34.5 Å². The van der Waals surface area contributed by atoms with Crippen LogP contribution in [0.1, 0.15) is 24.3 Å². The zero-order valence-corrected chi connectivity index (χ0v) is 21.7. The number of morpholine rings is 1. The van der Waals surface area contributed by atoms with Crippen LogP contribution in [0.3, 0.4) is 0 Å². The SMILES string of the molecule is CC1(C)CNC[C@H](Cc2c(Cl)cc(Cl)cc2-c2ncnc3cc(CCN4C(=O)CNC4=O)sc23)O1. The summed E-state index contributed by atoms with van der Waals surface area (Å²) in [5.41, 5.74) is 3.06. The average molecular weight is 534 g/mol. The molecule has 0 unspecified atom stereocenters. The molecule has 3 aromatic rings. The molecule has 1 atom stereocenters. The van der Waals surface area contributed by atoms with Crippen LogP contribution in [0.15, 0.2) is 24.5 Å². The fraction of sp³-hybridized carbons (Fsp3) is 0.417. The highest BCUT2D eigenvalue weighted by atomic mass is 35.5. The zero-order valence-electron chi connectivity index (χ0n) is 19.4. The summed E-state index contributed by atoms with van der Waals surface area (Å²) in [6.45, 7) is 6.02. The lowest BCUT2D eigenvalue weighted by Gasteiger charge is -2.37. The first-order chi connectivity index (χ1) is 16.7. The summed E-state index contributed by atoms with van der Waals surface area (Å²) in [7, 11) is 0. The van der Waals surface area contributed by atoms with Crippen molar-refractivity contribution < 1.29 is 14.3 Å². The Bertz CT molecular complexity index is 1300. The van der Waals surface area contributed by atoms with Gasteiger partial charge in [0.15, 0.2) is 0 Å². The Morgan fingerprint density at radius 2 is 2.06 bits per heavy atom. The molecule has 8 nitrogen and oxygen atoms in total. The van der Waals surface area contributed by atoms with Crippen molar-refractivity contribution in [2.24, 2.45) is 0 Å². The molecule has 2 fully saturated rings. The van der Waals surface area contributed by atoms with Crippen molar-refractivity contribution in [2.45, 2.75) is 38.4 Å². The van der Waals surface area contributed by atoms with Gasteiger partial charge in [-0.25, -0.2) is 14.8 Å². The fourth-order valence-corrected chi connectivity index (χ4v) is 6.23. The maximum absolute atomic E-state index is 11.9. The smallest absolute Gasteiger partial charge is 0.324 e. The number of halogens is 2. The molecule has 1 aromatic carbocycles. The Kier molecular flexibility index (Phi) is 6.71. The highest BCUT2D eigenvalue weighted by Gasteiger charge is 2.30. The van der Waals surface area contributed by atoms with Crippen LogP contribution in [0.2, 0.25) is 10.0 Å². The van der Waals surface area contributed by atoms with E-state index in [1.54, 1.807) is 17.4 Å². The van der Waals surface area contributed by atoms with E-state index in [1.165, 1.54) is 11.2 Å². The molecular weight excluding hydrogens is 509 g/mol. The van der Waals surface area contributed by atoms with Crippen molar-refractivity contribution in [2.75, 3.05) is 26.2 Å². The molecule has 3 amide bonds. The number of thiophene rings is 1. The number of carbonyl (C=O) groups is 2. The summed E-state index contributed by atoms with van der Waals surface area (Å²) in [6.07, 6.45) is 2.64. The van der Waals surface area contributed by atoms with Crippen molar-refractivity contribution in [3.05, 3.63) is 45.0 Å². The van der Waals surface area contributed by atoms with Gasteiger partial charge in [-0.05, 0) is 37.6 Å². The Morgan fingerprint density at radius 3 is 2.80 bits per heavy atom. The summed E-state index contributed by atoms with van der Waals surface area (Å²) < 4.78 is 7.20. The molecule has 0 aliphatic carbocycles. The van der Waals surface area contributed by atoms with Crippen LogP contribution in [0.25, 0.3) is 21.5 Å². The molecule has 0 bridgehead atoms. The van der Waals surface area contributed by atoms with E-state index in [4.69, 9.17) is 27.9 Å². The Hall–Kier alpha value is -2.30. The summed E-state index contributed by atoms with van der Waals surface area (Å²) in [4.78, 5) is 35.1. The Morgan fingerprint density at radius 1 is 1.23 bits per heavy atom. The number of carbonyl (C=O) groups excluding carboxylic acids is 2. The lowest BCUT2D eigenvalue weighted by molar-refractivity contribution is -0.124. The number of hydrogen-bond acceptors (Lipinski definition) is 7. The van der Waals surface area contributed by atoms with Gasteiger partial charge in [0.2, 0.25) is 5.91 Å². The lowest BCUT2D eigenvalue weighted by Crippen LogP contribution is -2.51. The highest BCUT2D eigenvalue weighted by Crippen LogP contribution is 2.39. The molecule has 2 saturated heterocycles. The van der Waals surface area contributed by atoms with Gasteiger partial charge in [0.1, 0.15) is 6.33 Å². The van der Waals surface area contributed by atoms with Crippen molar-refractivity contribution in [1.82, 2.24) is 25.5 Å². The molecule has 4 heterocycles. The standard InChI is InChI=1S/C24H25Cl2N5O3S/c1-24(2)11-27-9-14(34-24)7-16-17(5-13(25)6-18(16)26)21-22-19(29-12-30-21)8-15(35-22)3-4-31-20(32)10-28-23(31)33/h5-6,8,12,14,27H,3-4,7,9-11H2,1-2H3,(H,28,33)/t14-/m0/s1. The van der Waals surface area contributed by atoms with E-state index in [1.807, 2.05) is 12.1 Å². The van der Waals surface area contributed by atoms with E-state index in [0.29, 0.717) is 29.4 Å². The molecule has 2 aliphatic rings. The number of urea groups is 1. The maximum Gasteiger partial charge on any atom is 0.324 e. The van der Waals surface area contributed by atoms with E-state index in [9.17, 15) is 9.59 Å². The topological polar surface area (TPSA) is 96.5 Å². The van der Waals surface area contributed by atoms with Crippen LogP contribution < -0.4 is 10.6 Å². The van der Waals surface area contributed by atoms with Crippen molar-refractivity contribution in [3.8, 4) is 11.3 Å². The van der Waals surface area contributed by atoms with Crippen LogP contribution in [0, 0.1) is 0 Å². The van der Waals surface area contributed by atoms with Gasteiger partial charge in [0.05, 0.1) is 34.2 Å². The minimum Gasteiger partial charge on any atom is -0.369 e. The quantitative estimate of drug-likeness (QED) is 0.463. The normalized spacial score (nSPS) is 20.0. The molecule has 2 N–H and O–H groups in total. The summed E-state index contributed by atoms with van der Waals surface area (Å²) in [6, 6.07) is 5.27. The van der Waals surface area contributed by atoms with Crippen molar-refractivity contribution in [3.63, 3.8) is 0 Å². The third-order valence-electron chi connectivity index (χ3n) is 6.14. The van der Waals surface area contributed by atoms with Gasteiger partial charge in [0, 0.05) is 53.0 Å². The third kappa shape index (κ3) is 5.15. The zero-order chi connectivity index (χ0) is 24.7. The number of nitrogens with one attached hydrogen (secondary N) is 2. The first-order valence-electron chi connectivity index (χ1n) is 11.4. The van der Waals surface area contributed by atoms with Gasteiger partial charge in [0.25, 0.3) is 0 Å². The molecule has 0 radical (unpaired) electrons. The second kappa shape index (κ2) is 9.63. The van der Waals surface area contributed by atoms with Gasteiger partial charge in [-0.2, -0.15) is 0 Å². The molecule has 35 heavy (non-hydrogen) atoms. The largest absolute Gasteiger partial charge is 0.369 e. The first kappa shape index (κ1) is 24.4. The van der Waals surface area contributed by atoms with E-state index in [2.05, 4.69) is 34.4 Å². The number of hydrogen-bond donors (Lipinski definition) is 2. The minimum atomic E-state index is -0.350. The Labute approximate surface area is 217 Å². The fourth-order valence-electron chi connectivity index (χ4n) is 4.55. The molecular formula is C24H25Cl2N5O3S. The summed E-state index contributed by atoms with van der Waals surface area (Å²) in [5, 5.41) is 7.08. The van der Waals surface area contributed by atoms with Crippen molar-refractivity contribution >= 4 is 56.7 Å². The van der Waals surface area contributed by atoms with E-state index in [-0.39, 0.29) is 30.2 Å². The number of benzene rings is 1. The lowest BCUT2D eigenvalue weighted by atomic mass is 9.96. The number of aromatic nitrogens is 2. The molecule has 11 heteroatoms. The molecule has 0 spiro atoms. The molecule has 2 aliphatic heterocycles. The molecule has 184 valence electrons. The average Bonchev–Trinajstić information content (AvgIpc) is 3.35. The highest BCUT2D eigenvalue weighted by molar-refractivity contribution is 7.19. The van der Waals surface area contributed by atoms with Gasteiger partial charge in [-0.3, -0.25) is 9.69 Å². The summed E-state index contributed by atoms with van der Waals surface area (Å²) in [5.74, 6) is -0.211. The molecule has 0 saturated carbocycles. The predicted molar refractivity (Wildman–Crippen MR) is 137 cm³/mol. The maximum atomic E-state index is 11.9. The monoisotopic (exact) mass is 533 g/mol. The van der Waals surface area contributed by atoms with Crippen LogP contribution in [0.4, 0.5) is 4.79 Å². The minimum absolute atomic E-state index is 0.0449. The predicted octanol–water partition coefficient (Wildman–Crippen LogP) is 4.07. The van der Waals surface area contributed by atoms with E-state index in [0.717, 1.165) is 45.0 Å². The van der Waals surface area contributed by atoms with Crippen molar-refractivity contribution in [1.29, 1.82) is 0 Å². The van der Waals surface area contributed by atoms with Gasteiger partial charge in [-0.15, -0.1) is 11.3 Å². The molecule has 2 aromatic heterocycles. The van der Waals surface area contributed by atoms with Gasteiger partial charge >= 0.3 is 6.03 Å². The second-order valence-electron chi connectivity index (χ2n) is 9.35. The van der Waals surface area contributed by atoms with Crippen LogP contribution in [0.5, 0.6) is 0 Å². The van der Waals surface area contributed by atoms with E-state index >= 15 is 0 Å². The summed E-state index contributed by atoms with van der Waals surface area (Å²) >= 11 is 14.7. The first-order valence-corrected chi connectivity index (χ1v) is 13.0. The number of ether oxygens (including phenoxy) is 1. The number of fused-ring (bicyclic) bond motifs is 1.